The SMILES string of the molecule is CN1CCCC(Nc2ccc([N+](=O)[O-])cc2C#N)C1. The summed E-state index contributed by atoms with van der Waals surface area (Å²) in [5.74, 6) is 0. The van der Waals surface area contributed by atoms with Gasteiger partial charge in [-0.05, 0) is 32.5 Å². The first-order valence-electron chi connectivity index (χ1n) is 6.24. The number of likely N-dealkylation sites (tertiary alicyclic amines) is 1. The Bertz CT molecular complexity index is 524. The molecule has 6 heteroatoms. The van der Waals surface area contributed by atoms with Gasteiger partial charge in [-0.3, -0.25) is 10.1 Å². The summed E-state index contributed by atoms with van der Waals surface area (Å²) < 4.78 is 0. The first kappa shape index (κ1) is 13.3. The molecule has 1 atom stereocenters. The number of piperidine rings is 1. The van der Waals surface area contributed by atoms with Crippen molar-refractivity contribution in [2.75, 3.05) is 25.5 Å². The average Bonchev–Trinajstić information content (AvgIpc) is 2.39. The molecule has 6 nitrogen and oxygen atoms in total. The second-order valence-electron chi connectivity index (χ2n) is 4.84. The third-order valence-electron chi connectivity index (χ3n) is 3.32. The summed E-state index contributed by atoms with van der Waals surface area (Å²) in [6.07, 6.45) is 2.16. The van der Waals surface area contributed by atoms with Crippen molar-refractivity contribution in [2.24, 2.45) is 0 Å². The van der Waals surface area contributed by atoms with Crippen molar-refractivity contribution in [3.8, 4) is 6.07 Å². The van der Waals surface area contributed by atoms with E-state index in [1.807, 2.05) is 6.07 Å². The lowest BCUT2D eigenvalue weighted by atomic mass is 10.0. The van der Waals surface area contributed by atoms with E-state index in [2.05, 4.69) is 17.3 Å². The standard InChI is InChI=1S/C13H16N4O2/c1-16-6-2-3-11(9-16)15-13-5-4-12(17(18)19)7-10(13)8-14/h4-5,7,11,15H,2-3,6,9H2,1H3. The molecule has 0 aromatic heterocycles. The summed E-state index contributed by atoms with van der Waals surface area (Å²) in [6, 6.07) is 6.65. The quantitative estimate of drug-likeness (QED) is 0.663. The van der Waals surface area contributed by atoms with E-state index >= 15 is 0 Å². The van der Waals surface area contributed by atoms with E-state index in [0.29, 0.717) is 11.3 Å². The molecule has 0 aliphatic carbocycles. The van der Waals surface area contributed by atoms with Crippen LogP contribution in [0.15, 0.2) is 18.2 Å². The molecule has 0 bridgehead atoms. The van der Waals surface area contributed by atoms with Crippen LogP contribution in [0.5, 0.6) is 0 Å². The highest BCUT2D eigenvalue weighted by atomic mass is 16.6. The Morgan fingerprint density at radius 2 is 2.37 bits per heavy atom. The highest BCUT2D eigenvalue weighted by Gasteiger charge is 2.18. The zero-order valence-electron chi connectivity index (χ0n) is 10.8. The first-order valence-corrected chi connectivity index (χ1v) is 6.24. The Labute approximate surface area is 111 Å². The van der Waals surface area contributed by atoms with Crippen molar-refractivity contribution in [2.45, 2.75) is 18.9 Å². The van der Waals surface area contributed by atoms with Crippen molar-refractivity contribution < 1.29 is 4.92 Å². The van der Waals surface area contributed by atoms with Crippen LogP contribution in [0, 0.1) is 21.4 Å². The minimum atomic E-state index is -0.487. The Balaban J connectivity index is 2.16. The summed E-state index contributed by atoms with van der Waals surface area (Å²) in [7, 11) is 2.06. The normalized spacial score (nSPS) is 19.7. The molecule has 1 aromatic carbocycles. The van der Waals surface area contributed by atoms with E-state index in [1.54, 1.807) is 6.07 Å². The fourth-order valence-electron chi connectivity index (χ4n) is 2.37. The number of likely N-dealkylation sites (N-methyl/N-ethyl adjacent to an activating group) is 1. The topological polar surface area (TPSA) is 82.2 Å². The second-order valence-corrected chi connectivity index (χ2v) is 4.84. The number of nitro benzene ring substituents is 1. The summed E-state index contributed by atoms with van der Waals surface area (Å²) in [6.45, 7) is 2.01. The smallest absolute Gasteiger partial charge is 0.270 e. The van der Waals surface area contributed by atoms with Crippen LogP contribution in [0.25, 0.3) is 0 Å². The summed E-state index contributed by atoms with van der Waals surface area (Å²) in [5, 5.41) is 23.1. The molecule has 0 radical (unpaired) electrons. The van der Waals surface area contributed by atoms with Gasteiger partial charge in [0.25, 0.3) is 5.69 Å². The van der Waals surface area contributed by atoms with E-state index in [1.165, 1.54) is 12.1 Å². The molecule has 0 spiro atoms. The van der Waals surface area contributed by atoms with Crippen molar-refractivity contribution in [3.05, 3.63) is 33.9 Å². The Morgan fingerprint density at radius 3 is 3.00 bits per heavy atom. The van der Waals surface area contributed by atoms with Crippen LogP contribution in [0.2, 0.25) is 0 Å². The molecule has 19 heavy (non-hydrogen) atoms. The number of anilines is 1. The fourth-order valence-corrected chi connectivity index (χ4v) is 2.37. The lowest BCUT2D eigenvalue weighted by molar-refractivity contribution is -0.384. The molecule has 1 aromatic rings. The van der Waals surface area contributed by atoms with Gasteiger partial charge in [-0.15, -0.1) is 0 Å². The van der Waals surface area contributed by atoms with Gasteiger partial charge in [0, 0.05) is 24.7 Å². The number of rotatable bonds is 3. The molecule has 1 N–H and O–H groups in total. The Hall–Kier alpha value is -2.13. The van der Waals surface area contributed by atoms with E-state index in [0.717, 1.165) is 25.9 Å². The van der Waals surface area contributed by atoms with Crippen molar-refractivity contribution >= 4 is 11.4 Å². The van der Waals surface area contributed by atoms with Crippen LogP contribution in [0.4, 0.5) is 11.4 Å². The van der Waals surface area contributed by atoms with E-state index in [4.69, 9.17) is 5.26 Å². The molecule has 1 unspecified atom stereocenters. The molecule has 1 fully saturated rings. The average molecular weight is 260 g/mol. The molecule has 100 valence electrons. The number of nitriles is 1. The van der Waals surface area contributed by atoms with E-state index in [9.17, 15) is 10.1 Å². The molecule has 1 saturated heterocycles. The Kier molecular flexibility index (Phi) is 3.97. The van der Waals surface area contributed by atoms with Crippen LogP contribution in [-0.2, 0) is 0 Å². The van der Waals surface area contributed by atoms with Gasteiger partial charge in [0.2, 0.25) is 0 Å². The van der Waals surface area contributed by atoms with Gasteiger partial charge >= 0.3 is 0 Å². The van der Waals surface area contributed by atoms with Gasteiger partial charge in [-0.25, -0.2) is 0 Å². The zero-order chi connectivity index (χ0) is 13.8. The summed E-state index contributed by atoms with van der Waals surface area (Å²) in [4.78, 5) is 12.4. The molecule has 1 heterocycles. The predicted octanol–water partition coefficient (Wildman–Crippen LogP) is 1.97. The molecular weight excluding hydrogens is 244 g/mol. The van der Waals surface area contributed by atoms with Crippen molar-refractivity contribution in [1.82, 2.24) is 4.90 Å². The van der Waals surface area contributed by atoms with Crippen LogP contribution in [0.1, 0.15) is 18.4 Å². The summed E-state index contributed by atoms with van der Waals surface area (Å²) in [5.41, 5.74) is 0.943. The first-order chi connectivity index (χ1) is 9.10. The van der Waals surface area contributed by atoms with E-state index < -0.39 is 4.92 Å². The maximum absolute atomic E-state index is 10.7. The Morgan fingerprint density at radius 1 is 1.58 bits per heavy atom. The lowest BCUT2D eigenvalue weighted by Gasteiger charge is -2.31. The number of non-ortho nitro benzene ring substituents is 1. The van der Waals surface area contributed by atoms with Gasteiger partial charge in [0.15, 0.2) is 0 Å². The maximum Gasteiger partial charge on any atom is 0.270 e. The zero-order valence-corrected chi connectivity index (χ0v) is 10.8. The van der Waals surface area contributed by atoms with Crippen molar-refractivity contribution in [1.29, 1.82) is 5.26 Å². The van der Waals surface area contributed by atoms with Crippen LogP contribution < -0.4 is 5.32 Å². The summed E-state index contributed by atoms with van der Waals surface area (Å²) >= 11 is 0. The molecule has 1 aliphatic rings. The predicted molar refractivity (Wildman–Crippen MR) is 72.0 cm³/mol. The second kappa shape index (κ2) is 5.67. The monoisotopic (exact) mass is 260 g/mol. The molecule has 2 rings (SSSR count). The number of nitro groups is 1. The highest BCUT2D eigenvalue weighted by Crippen LogP contribution is 2.23. The third kappa shape index (κ3) is 3.20. The van der Waals surface area contributed by atoms with E-state index in [-0.39, 0.29) is 11.7 Å². The maximum atomic E-state index is 10.7. The number of hydrogen-bond donors (Lipinski definition) is 1. The van der Waals surface area contributed by atoms with Gasteiger partial charge in [0.05, 0.1) is 16.2 Å². The fraction of sp³-hybridized carbons (Fsp3) is 0.462. The number of benzene rings is 1. The lowest BCUT2D eigenvalue weighted by Crippen LogP contribution is -2.39. The van der Waals surface area contributed by atoms with Gasteiger partial charge in [-0.1, -0.05) is 0 Å². The van der Waals surface area contributed by atoms with Gasteiger partial charge in [0.1, 0.15) is 6.07 Å². The minimum Gasteiger partial charge on any atom is -0.380 e. The van der Waals surface area contributed by atoms with Gasteiger partial charge < -0.3 is 10.2 Å². The molecule has 0 saturated carbocycles. The van der Waals surface area contributed by atoms with Crippen LogP contribution in [0.3, 0.4) is 0 Å². The van der Waals surface area contributed by atoms with Crippen LogP contribution in [-0.4, -0.2) is 36.0 Å². The largest absolute Gasteiger partial charge is 0.380 e. The number of hydrogen-bond acceptors (Lipinski definition) is 5. The molecule has 1 aliphatic heterocycles. The third-order valence-corrected chi connectivity index (χ3v) is 3.32. The van der Waals surface area contributed by atoms with Gasteiger partial charge in [-0.2, -0.15) is 5.26 Å². The number of nitrogens with zero attached hydrogens (tertiary/aromatic N) is 3. The molecular formula is C13H16N4O2. The van der Waals surface area contributed by atoms with Crippen LogP contribution >= 0.6 is 0 Å². The number of nitrogens with one attached hydrogen (secondary N) is 1. The van der Waals surface area contributed by atoms with Crippen molar-refractivity contribution in [3.63, 3.8) is 0 Å². The molecule has 0 amide bonds. The highest BCUT2D eigenvalue weighted by molar-refractivity contribution is 5.61. The minimum absolute atomic E-state index is 0.0529.